The Hall–Kier alpha value is -2.87. The molecule has 0 saturated carbocycles. The van der Waals surface area contributed by atoms with Gasteiger partial charge in [-0.05, 0) is 49.7 Å². The Balaban J connectivity index is 2.01. The highest BCUT2D eigenvalue weighted by Crippen LogP contribution is 2.15. The summed E-state index contributed by atoms with van der Waals surface area (Å²) in [4.78, 5) is 23.8. The second-order valence-electron chi connectivity index (χ2n) is 6.06. The molecule has 3 N–H and O–H groups in total. The molecule has 0 fully saturated rings. The van der Waals surface area contributed by atoms with Crippen LogP contribution < -0.4 is 15.4 Å². The maximum Gasteiger partial charge on any atom is 0.328 e. The Morgan fingerprint density at radius 3 is 2.37 bits per heavy atom. The van der Waals surface area contributed by atoms with Crippen LogP contribution in [0, 0.1) is 6.92 Å². The number of urea groups is 1. The van der Waals surface area contributed by atoms with Crippen LogP contribution in [0.25, 0.3) is 0 Å². The third kappa shape index (κ3) is 6.10. The van der Waals surface area contributed by atoms with Gasteiger partial charge in [0.25, 0.3) is 15.9 Å². The number of nitrogens with one attached hydrogen (secondary N) is 3. The number of sulfonamides is 1. The lowest BCUT2D eigenvalue weighted by molar-refractivity contribution is 0.102. The van der Waals surface area contributed by atoms with E-state index in [1.807, 2.05) is 24.6 Å². The maximum atomic E-state index is 12.2. The van der Waals surface area contributed by atoms with Gasteiger partial charge in [-0.3, -0.25) is 4.79 Å². The molecule has 144 valence electrons. The van der Waals surface area contributed by atoms with Crippen LogP contribution >= 0.6 is 0 Å². The molecule has 8 heteroatoms. The number of hydrogen-bond donors (Lipinski definition) is 3. The van der Waals surface area contributed by atoms with Crippen molar-refractivity contribution < 1.29 is 18.0 Å². The van der Waals surface area contributed by atoms with E-state index in [4.69, 9.17) is 0 Å². The third-order valence-corrected chi connectivity index (χ3v) is 5.09. The molecule has 0 aromatic heterocycles. The van der Waals surface area contributed by atoms with Crippen molar-refractivity contribution >= 4 is 27.6 Å². The van der Waals surface area contributed by atoms with E-state index in [2.05, 4.69) is 10.6 Å². The van der Waals surface area contributed by atoms with E-state index >= 15 is 0 Å². The van der Waals surface area contributed by atoms with Crippen molar-refractivity contribution in [3.05, 3.63) is 59.7 Å². The minimum Gasteiger partial charge on any atom is -0.337 e. The summed E-state index contributed by atoms with van der Waals surface area (Å²) < 4.78 is 26.4. The standard InChI is InChI=1S/C19H23N3O4S/c1-3-4-12-20-19(24)22-27(25,26)17-10-8-16(9-11-17)21-18(23)15-7-5-6-14(2)13-15/h5-11,13H,3-4,12H2,1-2H3,(H,21,23)(H2,20,22,24). The van der Waals surface area contributed by atoms with Crippen LogP contribution in [-0.2, 0) is 10.0 Å². The number of amides is 3. The van der Waals surface area contributed by atoms with Gasteiger partial charge in [-0.25, -0.2) is 17.9 Å². The van der Waals surface area contributed by atoms with Crippen molar-refractivity contribution in [1.29, 1.82) is 0 Å². The molecule has 2 aromatic rings. The van der Waals surface area contributed by atoms with E-state index in [-0.39, 0.29) is 10.8 Å². The highest BCUT2D eigenvalue weighted by atomic mass is 32.2. The van der Waals surface area contributed by atoms with Gasteiger partial charge in [-0.1, -0.05) is 31.0 Å². The number of unbranched alkanes of at least 4 members (excludes halogenated alkanes) is 1. The van der Waals surface area contributed by atoms with Crippen molar-refractivity contribution in [2.75, 3.05) is 11.9 Å². The number of benzene rings is 2. The predicted molar refractivity (Wildman–Crippen MR) is 104 cm³/mol. The van der Waals surface area contributed by atoms with Crippen LogP contribution in [0.4, 0.5) is 10.5 Å². The number of carbonyl (C=O) groups excluding carboxylic acids is 2. The van der Waals surface area contributed by atoms with Gasteiger partial charge in [0.15, 0.2) is 0 Å². The number of hydrogen-bond acceptors (Lipinski definition) is 4. The quantitative estimate of drug-likeness (QED) is 0.633. The lowest BCUT2D eigenvalue weighted by Gasteiger charge is -2.10. The lowest BCUT2D eigenvalue weighted by Crippen LogP contribution is -2.39. The number of carbonyl (C=O) groups is 2. The minimum absolute atomic E-state index is 0.0679. The Labute approximate surface area is 159 Å². The van der Waals surface area contributed by atoms with E-state index in [0.29, 0.717) is 17.8 Å². The first kappa shape index (κ1) is 20.4. The van der Waals surface area contributed by atoms with Crippen LogP contribution in [-0.4, -0.2) is 26.9 Å². The summed E-state index contributed by atoms with van der Waals surface area (Å²) in [7, 11) is -3.97. The smallest absolute Gasteiger partial charge is 0.328 e. The monoisotopic (exact) mass is 389 g/mol. The highest BCUT2D eigenvalue weighted by molar-refractivity contribution is 7.90. The lowest BCUT2D eigenvalue weighted by atomic mass is 10.1. The molecule has 0 aliphatic heterocycles. The van der Waals surface area contributed by atoms with Gasteiger partial charge in [0, 0.05) is 17.8 Å². The van der Waals surface area contributed by atoms with Crippen LogP contribution in [0.15, 0.2) is 53.4 Å². The summed E-state index contributed by atoms with van der Waals surface area (Å²) in [5, 5.41) is 5.19. The molecule has 0 saturated heterocycles. The molecule has 0 unspecified atom stereocenters. The molecule has 0 radical (unpaired) electrons. The second kappa shape index (κ2) is 9.18. The van der Waals surface area contributed by atoms with E-state index in [1.165, 1.54) is 24.3 Å². The maximum absolute atomic E-state index is 12.2. The minimum atomic E-state index is -3.97. The van der Waals surface area contributed by atoms with Crippen molar-refractivity contribution in [2.24, 2.45) is 0 Å². The summed E-state index contributed by atoms with van der Waals surface area (Å²) in [6.45, 7) is 4.26. The second-order valence-corrected chi connectivity index (χ2v) is 7.75. The zero-order valence-corrected chi connectivity index (χ0v) is 16.1. The van der Waals surface area contributed by atoms with Gasteiger partial charge in [0.2, 0.25) is 0 Å². The zero-order chi connectivity index (χ0) is 19.9. The van der Waals surface area contributed by atoms with Crippen LogP contribution in [0.2, 0.25) is 0 Å². The fourth-order valence-electron chi connectivity index (χ4n) is 2.30. The molecule has 0 atom stereocenters. The van der Waals surface area contributed by atoms with Gasteiger partial charge >= 0.3 is 6.03 Å². The average molecular weight is 389 g/mol. The fraction of sp³-hybridized carbons (Fsp3) is 0.263. The summed E-state index contributed by atoms with van der Waals surface area (Å²) in [5.74, 6) is -0.289. The largest absolute Gasteiger partial charge is 0.337 e. The molecule has 0 bridgehead atoms. The summed E-state index contributed by atoms with van der Waals surface area (Å²) in [6, 6.07) is 12.0. The molecular formula is C19H23N3O4S. The average Bonchev–Trinajstić information content (AvgIpc) is 2.62. The molecule has 2 rings (SSSR count). The van der Waals surface area contributed by atoms with Gasteiger partial charge in [0.05, 0.1) is 4.90 Å². The number of rotatable bonds is 7. The zero-order valence-electron chi connectivity index (χ0n) is 15.3. The van der Waals surface area contributed by atoms with Gasteiger partial charge in [-0.2, -0.15) is 0 Å². The summed E-state index contributed by atoms with van der Waals surface area (Å²) in [5.41, 5.74) is 1.93. The Morgan fingerprint density at radius 2 is 1.74 bits per heavy atom. The number of aryl methyl sites for hydroxylation is 1. The van der Waals surface area contributed by atoms with Crippen LogP contribution in [0.5, 0.6) is 0 Å². The molecule has 0 heterocycles. The van der Waals surface area contributed by atoms with E-state index in [9.17, 15) is 18.0 Å². The summed E-state index contributed by atoms with van der Waals surface area (Å²) >= 11 is 0. The molecule has 7 nitrogen and oxygen atoms in total. The van der Waals surface area contributed by atoms with Crippen LogP contribution in [0.3, 0.4) is 0 Å². The van der Waals surface area contributed by atoms with Crippen LogP contribution in [0.1, 0.15) is 35.7 Å². The van der Waals surface area contributed by atoms with E-state index < -0.39 is 16.1 Å². The number of anilines is 1. The molecule has 0 aliphatic rings. The molecule has 0 spiro atoms. The van der Waals surface area contributed by atoms with Gasteiger partial charge in [0.1, 0.15) is 0 Å². The van der Waals surface area contributed by atoms with Gasteiger partial charge in [-0.15, -0.1) is 0 Å². The predicted octanol–water partition coefficient (Wildman–Crippen LogP) is 3.04. The first-order valence-corrected chi connectivity index (χ1v) is 10.1. The first-order valence-electron chi connectivity index (χ1n) is 8.60. The topological polar surface area (TPSA) is 104 Å². The van der Waals surface area contributed by atoms with E-state index in [0.717, 1.165) is 18.4 Å². The van der Waals surface area contributed by atoms with Crippen molar-refractivity contribution in [1.82, 2.24) is 10.0 Å². The third-order valence-electron chi connectivity index (χ3n) is 3.75. The summed E-state index contributed by atoms with van der Waals surface area (Å²) in [6.07, 6.45) is 1.66. The fourth-order valence-corrected chi connectivity index (χ4v) is 3.23. The Bertz CT molecular complexity index is 909. The molecule has 3 amide bonds. The van der Waals surface area contributed by atoms with Crippen molar-refractivity contribution in [3.8, 4) is 0 Å². The Kier molecular flexibility index (Phi) is 6.95. The molecular weight excluding hydrogens is 366 g/mol. The SMILES string of the molecule is CCCCNC(=O)NS(=O)(=O)c1ccc(NC(=O)c2cccc(C)c2)cc1. The van der Waals surface area contributed by atoms with Gasteiger partial charge < -0.3 is 10.6 Å². The van der Waals surface area contributed by atoms with E-state index in [1.54, 1.807) is 18.2 Å². The Morgan fingerprint density at radius 1 is 1.04 bits per heavy atom. The molecule has 2 aromatic carbocycles. The molecule has 27 heavy (non-hydrogen) atoms. The highest BCUT2D eigenvalue weighted by Gasteiger charge is 2.17. The van der Waals surface area contributed by atoms with Crippen molar-refractivity contribution in [2.45, 2.75) is 31.6 Å². The first-order chi connectivity index (χ1) is 12.8. The van der Waals surface area contributed by atoms with Crippen molar-refractivity contribution in [3.63, 3.8) is 0 Å². The normalized spacial score (nSPS) is 10.9. The molecule has 0 aliphatic carbocycles.